The lowest BCUT2D eigenvalue weighted by molar-refractivity contribution is 0.398. The van der Waals surface area contributed by atoms with Gasteiger partial charge >= 0.3 is 0 Å². The quantitative estimate of drug-likeness (QED) is 0.819. The largest absolute Gasteiger partial charge is 0.359 e. The van der Waals surface area contributed by atoms with Gasteiger partial charge in [-0.2, -0.15) is 11.8 Å². The maximum Gasteiger partial charge on any atom is 0.157 e. The van der Waals surface area contributed by atoms with Gasteiger partial charge in [0, 0.05) is 16.0 Å². The van der Waals surface area contributed by atoms with Crippen LogP contribution in [0.25, 0.3) is 0 Å². The van der Waals surface area contributed by atoms with E-state index in [0.29, 0.717) is 10.3 Å². The van der Waals surface area contributed by atoms with Crippen LogP contribution in [-0.2, 0) is 0 Å². The molecule has 0 aromatic rings. The SMILES string of the molecule is CCC1(CC)CSC(=NCC2(SC)CCCCC2)N1. The molecule has 2 nitrogen and oxygen atoms in total. The van der Waals surface area contributed by atoms with Crippen molar-refractivity contribution >= 4 is 28.7 Å². The fourth-order valence-corrected chi connectivity index (χ4v) is 5.29. The van der Waals surface area contributed by atoms with Gasteiger partial charge in [-0.3, -0.25) is 4.99 Å². The molecule has 0 spiro atoms. The van der Waals surface area contributed by atoms with Crippen LogP contribution in [0.2, 0.25) is 0 Å². The molecule has 19 heavy (non-hydrogen) atoms. The normalized spacial score (nSPS) is 27.4. The van der Waals surface area contributed by atoms with Gasteiger partial charge in [-0.15, -0.1) is 0 Å². The number of thioether (sulfide) groups is 2. The Bertz CT molecular complexity index is 318. The molecule has 2 rings (SSSR count). The number of amidine groups is 1. The molecular weight excluding hydrogens is 272 g/mol. The summed E-state index contributed by atoms with van der Waals surface area (Å²) in [4.78, 5) is 4.93. The highest BCUT2D eigenvalue weighted by Gasteiger charge is 2.35. The van der Waals surface area contributed by atoms with Crippen molar-refractivity contribution in [2.45, 2.75) is 69.1 Å². The van der Waals surface area contributed by atoms with E-state index in [-0.39, 0.29) is 0 Å². The van der Waals surface area contributed by atoms with Gasteiger partial charge in [0.15, 0.2) is 5.17 Å². The Kier molecular flexibility index (Phi) is 5.53. The minimum Gasteiger partial charge on any atom is -0.359 e. The molecule has 110 valence electrons. The predicted molar refractivity (Wildman–Crippen MR) is 90.5 cm³/mol. The summed E-state index contributed by atoms with van der Waals surface area (Å²) in [7, 11) is 0. The predicted octanol–water partition coefficient (Wildman–Crippen LogP) is 4.30. The van der Waals surface area contributed by atoms with Crippen molar-refractivity contribution in [1.82, 2.24) is 5.32 Å². The summed E-state index contributed by atoms with van der Waals surface area (Å²) in [6, 6.07) is 0. The second kappa shape index (κ2) is 6.75. The van der Waals surface area contributed by atoms with Crippen LogP contribution in [0.5, 0.6) is 0 Å². The van der Waals surface area contributed by atoms with Gasteiger partial charge in [-0.25, -0.2) is 0 Å². The highest BCUT2D eigenvalue weighted by Crippen LogP contribution is 2.39. The Morgan fingerprint density at radius 2 is 1.89 bits per heavy atom. The van der Waals surface area contributed by atoms with Crippen LogP contribution >= 0.6 is 23.5 Å². The van der Waals surface area contributed by atoms with E-state index in [4.69, 9.17) is 4.99 Å². The zero-order valence-electron chi connectivity index (χ0n) is 12.6. The Morgan fingerprint density at radius 1 is 1.21 bits per heavy atom. The minimum atomic E-state index is 0.308. The molecule has 1 N–H and O–H groups in total. The van der Waals surface area contributed by atoms with E-state index in [1.54, 1.807) is 0 Å². The molecule has 1 aliphatic heterocycles. The average molecular weight is 301 g/mol. The highest BCUT2D eigenvalue weighted by atomic mass is 32.2. The van der Waals surface area contributed by atoms with Crippen LogP contribution in [0.4, 0.5) is 0 Å². The molecule has 1 saturated heterocycles. The molecule has 1 heterocycles. The molecule has 2 aliphatic rings. The first-order chi connectivity index (χ1) is 9.17. The minimum absolute atomic E-state index is 0.308. The van der Waals surface area contributed by atoms with Crippen LogP contribution in [0.3, 0.4) is 0 Å². The van der Waals surface area contributed by atoms with E-state index < -0.39 is 0 Å². The summed E-state index contributed by atoms with van der Waals surface area (Å²) >= 11 is 3.97. The number of aliphatic imine (C=N–C) groups is 1. The summed E-state index contributed by atoms with van der Waals surface area (Å²) in [5, 5.41) is 4.89. The van der Waals surface area contributed by atoms with Crippen molar-refractivity contribution in [3.8, 4) is 0 Å². The van der Waals surface area contributed by atoms with Crippen molar-refractivity contribution in [2.75, 3.05) is 18.6 Å². The Labute approximate surface area is 127 Å². The first-order valence-electron chi connectivity index (χ1n) is 7.68. The van der Waals surface area contributed by atoms with E-state index in [1.807, 2.05) is 23.5 Å². The third-order valence-electron chi connectivity index (χ3n) is 4.92. The van der Waals surface area contributed by atoms with E-state index in [0.717, 1.165) is 6.54 Å². The van der Waals surface area contributed by atoms with Crippen LogP contribution in [0, 0.1) is 0 Å². The zero-order valence-corrected chi connectivity index (χ0v) is 14.3. The van der Waals surface area contributed by atoms with E-state index in [9.17, 15) is 0 Å². The maximum absolute atomic E-state index is 4.93. The first kappa shape index (κ1) is 15.6. The average Bonchev–Trinajstić information content (AvgIpc) is 2.90. The van der Waals surface area contributed by atoms with Gasteiger partial charge in [-0.1, -0.05) is 44.9 Å². The molecule has 0 radical (unpaired) electrons. The van der Waals surface area contributed by atoms with Crippen molar-refractivity contribution in [3.05, 3.63) is 0 Å². The Balaban J connectivity index is 1.95. The number of nitrogens with one attached hydrogen (secondary N) is 1. The summed E-state index contributed by atoms with van der Waals surface area (Å²) in [5.74, 6) is 1.19. The second-order valence-corrected chi connectivity index (χ2v) is 8.21. The van der Waals surface area contributed by atoms with E-state index in [1.165, 1.54) is 55.9 Å². The molecule has 0 bridgehead atoms. The van der Waals surface area contributed by atoms with E-state index in [2.05, 4.69) is 25.4 Å². The molecule has 4 heteroatoms. The number of hydrogen-bond donors (Lipinski definition) is 1. The standard InChI is InChI=1S/C15H28N2S2/c1-4-14(5-2)12-19-13(17-14)16-11-15(18-3)9-7-6-8-10-15/h4-12H2,1-3H3,(H,16,17). The Hall–Kier alpha value is 0.170. The highest BCUT2D eigenvalue weighted by molar-refractivity contribution is 8.14. The van der Waals surface area contributed by atoms with Crippen LogP contribution in [-0.4, -0.2) is 34.0 Å². The van der Waals surface area contributed by atoms with Crippen LogP contribution in [0.1, 0.15) is 58.8 Å². The third kappa shape index (κ3) is 3.63. The lowest BCUT2D eigenvalue weighted by atomic mass is 9.88. The van der Waals surface area contributed by atoms with Gasteiger partial charge in [-0.05, 0) is 31.9 Å². The van der Waals surface area contributed by atoms with Gasteiger partial charge in [0.05, 0.1) is 6.54 Å². The van der Waals surface area contributed by atoms with Gasteiger partial charge < -0.3 is 5.32 Å². The molecule has 0 aromatic carbocycles. The molecular formula is C15H28N2S2. The smallest absolute Gasteiger partial charge is 0.157 e. The molecule has 0 aromatic heterocycles. The topological polar surface area (TPSA) is 24.4 Å². The Morgan fingerprint density at radius 3 is 2.42 bits per heavy atom. The van der Waals surface area contributed by atoms with Gasteiger partial charge in [0.25, 0.3) is 0 Å². The van der Waals surface area contributed by atoms with Crippen LogP contribution < -0.4 is 5.32 Å². The number of nitrogens with zero attached hydrogens (tertiary/aromatic N) is 1. The van der Waals surface area contributed by atoms with Crippen molar-refractivity contribution in [3.63, 3.8) is 0 Å². The zero-order chi connectivity index (χ0) is 13.8. The van der Waals surface area contributed by atoms with E-state index >= 15 is 0 Å². The summed E-state index contributed by atoms with van der Waals surface area (Å²) in [6.45, 7) is 5.57. The molecule has 1 aliphatic carbocycles. The molecule has 1 saturated carbocycles. The lowest BCUT2D eigenvalue weighted by Crippen LogP contribution is -2.42. The molecule has 0 atom stereocenters. The maximum atomic E-state index is 4.93. The fourth-order valence-electron chi connectivity index (χ4n) is 3.06. The molecule has 0 unspecified atom stereocenters. The fraction of sp³-hybridized carbons (Fsp3) is 0.933. The summed E-state index contributed by atoms with van der Waals surface area (Å²) in [6.07, 6.45) is 11.6. The summed E-state index contributed by atoms with van der Waals surface area (Å²) < 4.78 is 0.428. The lowest BCUT2D eigenvalue weighted by Gasteiger charge is -2.34. The van der Waals surface area contributed by atoms with Crippen molar-refractivity contribution in [2.24, 2.45) is 4.99 Å². The van der Waals surface area contributed by atoms with Crippen molar-refractivity contribution in [1.29, 1.82) is 0 Å². The second-order valence-electron chi connectivity index (χ2n) is 5.97. The van der Waals surface area contributed by atoms with Gasteiger partial charge in [0.2, 0.25) is 0 Å². The number of hydrogen-bond acceptors (Lipinski definition) is 3. The first-order valence-corrected chi connectivity index (χ1v) is 9.89. The van der Waals surface area contributed by atoms with Gasteiger partial charge in [0.1, 0.15) is 0 Å². The third-order valence-corrected chi connectivity index (χ3v) is 7.52. The van der Waals surface area contributed by atoms with Crippen molar-refractivity contribution < 1.29 is 0 Å². The molecule has 2 fully saturated rings. The molecule has 0 amide bonds. The summed E-state index contributed by atoms with van der Waals surface area (Å²) in [5.41, 5.74) is 0.308. The number of rotatable bonds is 5. The van der Waals surface area contributed by atoms with Crippen LogP contribution in [0.15, 0.2) is 4.99 Å². The monoisotopic (exact) mass is 300 g/mol.